The van der Waals surface area contributed by atoms with E-state index < -0.39 is 0 Å². The van der Waals surface area contributed by atoms with E-state index in [1.165, 1.54) is 58.0 Å². The molecule has 3 atom stereocenters. The molecule has 2 aliphatic rings. The highest BCUT2D eigenvalue weighted by Crippen LogP contribution is 2.36. The molecule has 1 saturated carbocycles. The van der Waals surface area contributed by atoms with Gasteiger partial charge < -0.3 is 10.2 Å². The predicted octanol–water partition coefficient (Wildman–Crippen LogP) is 3.03. The first kappa shape index (κ1) is 13.4. The van der Waals surface area contributed by atoms with Crippen LogP contribution in [0.4, 0.5) is 0 Å². The monoisotopic (exact) mass is 238 g/mol. The molecular weight excluding hydrogens is 208 g/mol. The van der Waals surface area contributed by atoms with Gasteiger partial charge in [0.1, 0.15) is 0 Å². The van der Waals surface area contributed by atoms with Crippen LogP contribution in [0.15, 0.2) is 0 Å². The van der Waals surface area contributed by atoms with E-state index in [2.05, 4.69) is 24.1 Å². The van der Waals surface area contributed by atoms with E-state index in [4.69, 9.17) is 0 Å². The van der Waals surface area contributed by atoms with Gasteiger partial charge in [0.15, 0.2) is 0 Å². The van der Waals surface area contributed by atoms with Crippen LogP contribution in [0.2, 0.25) is 0 Å². The van der Waals surface area contributed by atoms with Crippen LogP contribution in [0, 0.1) is 5.92 Å². The third-order valence-corrected chi connectivity index (χ3v) is 4.76. The van der Waals surface area contributed by atoms with Crippen molar-refractivity contribution in [2.45, 2.75) is 70.9 Å². The SMILES string of the molecule is CCNC(C)CCCN1CCC2CCCCC21. The summed E-state index contributed by atoms with van der Waals surface area (Å²) >= 11 is 0. The van der Waals surface area contributed by atoms with Crippen molar-refractivity contribution in [3.8, 4) is 0 Å². The van der Waals surface area contributed by atoms with Crippen LogP contribution in [-0.2, 0) is 0 Å². The van der Waals surface area contributed by atoms with Crippen molar-refractivity contribution in [3.05, 3.63) is 0 Å². The number of nitrogens with zero attached hydrogens (tertiary/aromatic N) is 1. The first-order valence-corrected chi connectivity index (χ1v) is 7.78. The molecule has 1 N–H and O–H groups in total. The summed E-state index contributed by atoms with van der Waals surface area (Å²) in [6, 6.07) is 1.66. The van der Waals surface area contributed by atoms with Gasteiger partial charge in [0.25, 0.3) is 0 Å². The molecule has 3 unspecified atom stereocenters. The van der Waals surface area contributed by atoms with Gasteiger partial charge in [-0.15, -0.1) is 0 Å². The van der Waals surface area contributed by atoms with Crippen molar-refractivity contribution in [1.82, 2.24) is 10.2 Å². The molecule has 0 aromatic carbocycles. The smallest absolute Gasteiger partial charge is 0.0124 e. The minimum Gasteiger partial charge on any atom is -0.315 e. The lowest BCUT2D eigenvalue weighted by molar-refractivity contribution is 0.178. The van der Waals surface area contributed by atoms with Gasteiger partial charge in [-0.2, -0.15) is 0 Å². The molecule has 1 aliphatic heterocycles. The summed E-state index contributed by atoms with van der Waals surface area (Å²) in [6.07, 6.45) is 10.1. The summed E-state index contributed by atoms with van der Waals surface area (Å²) < 4.78 is 0. The van der Waals surface area contributed by atoms with Gasteiger partial charge in [-0.05, 0) is 64.6 Å². The first-order chi connectivity index (χ1) is 8.31. The Morgan fingerprint density at radius 2 is 2.06 bits per heavy atom. The quantitative estimate of drug-likeness (QED) is 0.765. The van der Waals surface area contributed by atoms with Crippen LogP contribution in [0.5, 0.6) is 0 Å². The number of hydrogen-bond donors (Lipinski definition) is 1. The van der Waals surface area contributed by atoms with Crippen LogP contribution in [0.3, 0.4) is 0 Å². The van der Waals surface area contributed by atoms with E-state index in [1.54, 1.807) is 0 Å². The third-order valence-electron chi connectivity index (χ3n) is 4.76. The van der Waals surface area contributed by atoms with Gasteiger partial charge in [-0.3, -0.25) is 0 Å². The Bertz CT molecular complexity index is 217. The highest BCUT2D eigenvalue weighted by Gasteiger charge is 2.34. The summed E-state index contributed by atoms with van der Waals surface area (Å²) in [5.41, 5.74) is 0. The van der Waals surface area contributed by atoms with Crippen molar-refractivity contribution in [2.75, 3.05) is 19.6 Å². The summed E-state index contributed by atoms with van der Waals surface area (Å²) in [5.74, 6) is 1.05. The first-order valence-electron chi connectivity index (χ1n) is 7.78. The molecule has 2 heteroatoms. The summed E-state index contributed by atoms with van der Waals surface area (Å²) in [4.78, 5) is 2.79. The molecule has 0 radical (unpaired) electrons. The predicted molar refractivity (Wildman–Crippen MR) is 74.3 cm³/mol. The van der Waals surface area contributed by atoms with Crippen molar-refractivity contribution in [3.63, 3.8) is 0 Å². The zero-order valence-corrected chi connectivity index (χ0v) is 11.8. The fourth-order valence-corrected chi connectivity index (χ4v) is 3.83. The molecule has 0 aromatic rings. The molecule has 1 heterocycles. The number of fused-ring (bicyclic) bond motifs is 1. The van der Waals surface area contributed by atoms with Crippen LogP contribution < -0.4 is 5.32 Å². The Kier molecular flexibility index (Phi) is 5.30. The molecule has 1 aliphatic carbocycles. The Morgan fingerprint density at radius 1 is 1.24 bits per heavy atom. The molecule has 0 aromatic heterocycles. The second kappa shape index (κ2) is 6.75. The molecule has 2 rings (SSSR count). The number of hydrogen-bond acceptors (Lipinski definition) is 2. The summed E-state index contributed by atoms with van der Waals surface area (Å²) in [6.45, 7) is 8.35. The zero-order valence-electron chi connectivity index (χ0n) is 11.8. The highest BCUT2D eigenvalue weighted by molar-refractivity contribution is 4.89. The average Bonchev–Trinajstić information content (AvgIpc) is 2.73. The molecule has 100 valence electrons. The van der Waals surface area contributed by atoms with Gasteiger partial charge in [-0.25, -0.2) is 0 Å². The maximum atomic E-state index is 3.51. The Morgan fingerprint density at radius 3 is 2.88 bits per heavy atom. The fourth-order valence-electron chi connectivity index (χ4n) is 3.83. The molecule has 17 heavy (non-hydrogen) atoms. The Balaban J connectivity index is 1.65. The van der Waals surface area contributed by atoms with E-state index >= 15 is 0 Å². The lowest BCUT2D eigenvalue weighted by atomic mass is 9.85. The van der Waals surface area contributed by atoms with Crippen LogP contribution >= 0.6 is 0 Å². The molecule has 2 fully saturated rings. The molecule has 0 spiro atoms. The Hall–Kier alpha value is -0.0800. The van der Waals surface area contributed by atoms with E-state index in [0.29, 0.717) is 6.04 Å². The van der Waals surface area contributed by atoms with Gasteiger partial charge in [-0.1, -0.05) is 19.8 Å². The van der Waals surface area contributed by atoms with Gasteiger partial charge in [0.05, 0.1) is 0 Å². The topological polar surface area (TPSA) is 15.3 Å². The largest absolute Gasteiger partial charge is 0.315 e. The zero-order chi connectivity index (χ0) is 12.1. The average molecular weight is 238 g/mol. The fraction of sp³-hybridized carbons (Fsp3) is 1.00. The summed E-state index contributed by atoms with van der Waals surface area (Å²) in [7, 11) is 0. The number of nitrogens with one attached hydrogen (secondary N) is 1. The highest BCUT2D eigenvalue weighted by atomic mass is 15.2. The Labute approximate surface area is 107 Å². The summed E-state index contributed by atoms with van der Waals surface area (Å²) in [5, 5.41) is 3.51. The maximum Gasteiger partial charge on any atom is 0.0124 e. The van der Waals surface area contributed by atoms with Crippen LogP contribution in [0.1, 0.15) is 58.8 Å². The molecule has 2 nitrogen and oxygen atoms in total. The normalized spacial score (nSPS) is 31.4. The lowest BCUT2D eigenvalue weighted by Gasteiger charge is -2.31. The van der Waals surface area contributed by atoms with Crippen LogP contribution in [0.25, 0.3) is 0 Å². The minimum atomic E-state index is 0.699. The van der Waals surface area contributed by atoms with Crippen molar-refractivity contribution >= 4 is 0 Å². The van der Waals surface area contributed by atoms with E-state index in [9.17, 15) is 0 Å². The lowest BCUT2D eigenvalue weighted by Crippen LogP contribution is -2.36. The van der Waals surface area contributed by atoms with E-state index in [0.717, 1.165) is 18.5 Å². The van der Waals surface area contributed by atoms with Crippen molar-refractivity contribution < 1.29 is 0 Å². The van der Waals surface area contributed by atoms with E-state index in [1.807, 2.05) is 0 Å². The third kappa shape index (κ3) is 3.69. The van der Waals surface area contributed by atoms with Crippen molar-refractivity contribution in [1.29, 1.82) is 0 Å². The second-order valence-electron chi connectivity index (χ2n) is 6.04. The standard InChI is InChI=1S/C15H30N2/c1-3-16-13(2)7-6-11-17-12-10-14-8-4-5-9-15(14)17/h13-16H,3-12H2,1-2H3. The molecule has 0 amide bonds. The number of likely N-dealkylation sites (tertiary alicyclic amines) is 1. The van der Waals surface area contributed by atoms with Gasteiger partial charge in [0, 0.05) is 12.1 Å². The van der Waals surface area contributed by atoms with Gasteiger partial charge in [0.2, 0.25) is 0 Å². The molecular formula is C15H30N2. The second-order valence-corrected chi connectivity index (χ2v) is 6.04. The van der Waals surface area contributed by atoms with Crippen molar-refractivity contribution in [2.24, 2.45) is 5.92 Å². The van der Waals surface area contributed by atoms with E-state index in [-0.39, 0.29) is 0 Å². The van der Waals surface area contributed by atoms with Crippen LogP contribution in [-0.4, -0.2) is 36.6 Å². The van der Waals surface area contributed by atoms with Gasteiger partial charge >= 0.3 is 0 Å². The number of rotatable bonds is 6. The minimum absolute atomic E-state index is 0.699. The molecule has 0 bridgehead atoms. The molecule has 1 saturated heterocycles. The maximum absolute atomic E-state index is 3.51.